The predicted octanol–water partition coefficient (Wildman–Crippen LogP) is 2.15. The van der Waals surface area contributed by atoms with Gasteiger partial charge in [0.15, 0.2) is 0 Å². The summed E-state index contributed by atoms with van der Waals surface area (Å²) in [5, 5.41) is 4.92. The first kappa shape index (κ1) is 16.4. The molecule has 5 nitrogen and oxygen atoms in total. The standard InChI is InChI=1S/C14H21N3O2S/c1-9(2)7-16-14(19)17-13(18)8-20-12-6-10(3)4-5-11(12)15/h4-6,9H,7-8,15H2,1-3H3,(H2,16,17,18,19). The molecule has 0 aliphatic carbocycles. The van der Waals surface area contributed by atoms with Gasteiger partial charge in [0.05, 0.1) is 5.75 Å². The number of nitrogens with two attached hydrogens (primary N) is 1. The first-order chi connectivity index (χ1) is 9.38. The molecule has 20 heavy (non-hydrogen) atoms. The molecule has 0 aliphatic heterocycles. The van der Waals surface area contributed by atoms with Crippen molar-refractivity contribution < 1.29 is 9.59 Å². The molecular weight excluding hydrogens is 274 g/mol. The van der Waals surface area contributed by atoms with E-state index in [0.29, 0.717) is 18.2 Å². The minimum atomic E-state index is -0.457. The Bertz CT molecular complexity index is 489. The number of hydrogen-bond donors (Lipinski definition) is 3. The Kier molecular flexibility index (Phi) is 6.38. The number of carbonyl (C=O) groups excluding carboxylic acids is 2. The summed E-state index contributed by atoms with van der Waals surface area (Å²) in [6, 6.07) is 5.19. The molecule has 0 aliphatic rings. The van der Waals surface area contributed by atoms with Crippen molar-refractivity contribution in [3.8, 4) is 0 Å². The SMILES string of the molecule is Cc1ccc(N)c(SCC(=O)NC(=O)NCC(C)C)c1. The molecule has 0 saturated heterocycles. The molecule has 0 unspecified atom stereocenters. The average molecular weight is 295 g/mol. The van der Waals surface area contributed by atoms with E-state index in [9.17, 15) is 9.59 Å². The lowest BCUT2D eigenvalue weighted by molar-refractivity contribution is -0.117. The number of urea groups is 1. The molecule has 0 atom stereocenters. The van der Waals surface area contributed by atoms with Crippen LogP contribution < -0.4 is 16.4 Å². The Hall–Kier alpha value is -1.69. The second kappa shape index (κ2) is 7.79. The molecule has 0 aromatic heterocycles. The molecule has 4 N–H and O–H groups in total. The number of anilines is 1. The molecule has 1 rings (SSSR count). The van der Waals surface area contributed by atoms with E-state index in [2.05, 4.69) is 10.6 Å². The highest BCUT2D eigenvalue weighted by molar-refractivity contribution is 8.00. The summed E-state index contributed by atoms with van der Waals surface area (Å²) in [4.78, 5) is 23.9. The minimum Gasteiger partial charge on any atom is -0.398 e. The van der Waals surface area contributed by atoms with Crippen LogP contribution in [0, 0.1) is 12.8 Å². The molecule has 6 heteroatoms. The van der Waals surface area contributed by atoms with E-state index in [1.165, 1.54) is 11.8 Å². The van der Waals surface area contributed by atoms with Crippen LogP contribution in [0.15, 0.2) is 23.1 Å². The highest BCUT2D eigenvalue weighted by atomic mass is 32.2. The molecule has 1 aromatic carbocycles. The topological polar surface area (TPSA) is 84.2 Å². The lowest BCUT2D eigenvalue weighted by Crippen LogP contribution is -2.41. The lowest BCUT2D eigenvalue weighted by atomic mass is 10.2. The van der Waals surface area contributed by atoms with Crippen LogP contribution in [-0.2, 0) is 4.79 Å². The molecule has 0 saturated carbocycles. The van der Waals surface area contributed by atoms with Crippen LogP contribution in [-0.4, -0.2) is 24.2 Å². The van der Waals surface area contributed by atoms with Gasteiger partial charge in [-0.1, -0.05) is 19.9 Å². The summed E-state index contributed by atoms with van der Waals surface area (Å²) in [5.74, 6) is 0.164. The second-order valence-corrected chi connectivity index (χ2v) is 6.00. The third-order valence-electron chi connectivity index (χ3n) is 2.45. The van der Waals surface area contributed by atoms with Crippen LogP contribution >= 0.6 is 11.8 Å². The van der Waals surface area contributed by atoms with Crippen molar-refractivity contribution in [2.24, 2.45) is 5.92 Å². The van der Waals surface area contributed by atoms with E-state index in [-0.39, 0.29) is 11.7 Å². The highest BCUT2D eigenvalue weighted by Crippen LogP contribution is 2.25. The molecule has 0 heterocycles. The Morgan fingerprint density at radius 2 is 2.05 bits per heavy atom. The Labute approximate surface area is 123 Å². The number of thioether (sulfide) groups is 1. The smallest absolute Gasteiger partial charge is 0.321 e. The fourth-order valence-electron chi connectivity index (χ4n) is 1.41. The van der Waals surface area contributed by atoms with E-state index in [1.54, 1.807) is 0 Å². The third kappa shape index (κ3) is 5.97. The van der Waals surface area contributed by atoms with Gasteiger partial charge in [-0.25, -0.2) is 4.79 Å². The summed E-state index contributed by atoms with van der Waals surface area (Å²) in [6.45, 7) is 6.47. The number of nitrogens with one attached hydrogen (secondary N) is 2. The van der Waals surface area contributed by atoms with Crippen molar-refractivity contribution >= 4 is 29.4 Å². The van der Waals surface area contributed by atoms with Gasteiger partial charge in [-0.15, -0.1) is 11.8 Å². The largest absolute Gasteiger partial charge is 0.398 e. The predicted molar refractivity (Wildman–Crippen MR) is 82.7 cm³/mol. The van der Waals surface area contributed by atoms with Gasteiger partial charge in [0.1, 0.15) is 0 Å². The van der Waals surface area contributed by atoms with Gasteiger partial charge in [0, 0.05) is 17.1 Å². The molecule has 0 fully saturated rings. The summed E-state index contributed by atoms with van der Waals surface area (Å²) >= 11 is 1.32. The minimum absolute atomic E-state index is 0.156. The first-order valence-corrected chi connectivity index (χ1v) is 7.43. The van der Waals surface area contributed by atoms with Gasteiger partial charge in [-0.05, 0) is 30.5 Å². The number of aryl methyl sites for hydroxylation is 1. The Morgan fingerprint density at radius 3 is 2.70 bits per heavy atom. The van der Waals surface area contributed by atoms with Crippen molar-refractivity contribution in [3.05, 3.63) is 23.8 Å². The van der Waals surface area contributed by atoms with Crippen molar-refractivity contribution in [3.63, 3.8) is 0 Å². The quantitative estimate of drug-likeness (QED) is 0.574. The van der Waals surface area contributed by atoms with Gasteiger partial charge in [-0.2, -0.15) is 0 Å². The number of amides is 3. The molecule has 0 bridgehead atoms. The lowest BCUT2D eigenvalue weighted by Gasteiger charge is -2.09. The highest BCUT2D eigenvalue weighted by Gasteiger charge is 2.09. The summed E-state index contributed by atoms with van der Waals surface area (Å²) in [6.07, 6.45) is 0. The van der Waals surface area contributed by atoms with Crippen LogP contribution in [0.1, 0.15) is 19.4 Å². The molecular formula is C14H21N3O2S. The Balaban J connectivity index is 2.39. The fourth-order valence-corrected chi connectivity index (χ4v) is 2.28. The number of rotatable bonds is 5. The molecule has 1 aromatic rings. The first-order valence-electron chi connectivity index (χ1n) is 6.45. The fraction of sp³-hybridized carbons (Fsp3) is 0.429. The van der Waals surface area contributed by atoms with Gasteiger partial charge in [-0.3, -0.25) is 10.1 Å². The molecule has 0 radical (unpaired) electrons. The summed E-state index contributed by atoms with van der Waals surface area (Å²) < 4.78 is 0. The number of imide groups is 1. The maximum atomic E-state index is 11.6. The van der Waals surface area contributed by atoms with Crippen LogP contribution in [0.2, 0.25) is 0 Å². The van der Waals surface area contributed by atoms with Gasteiger partial charge in [0.2, 0.25) is 5.91 Å². The Morgan fingerprint density at radius 1 is 1.35 bits per heavy atom. The molecule has 3 amide bonds. The monoisotopic (exact) mass is 295 g/mol. The van der Waals surface area contributed by atoms with Crippen LogP contribution in [0.4, 0.5) is 10.5 Å². The molecule has 110 valence electrons. The van der Waals surface area contributed by atoms with Crippen LogP contribution in [0.5, 0.6) is 0 Å². The molecule has 0 spiro atoms. The van der Waals surface area contributed by atoms with Gasteiger partial charge in [0.25, 0.3) is 0 Å². The normalized spacial score (nSPS) is 10.4. The van der Waals surface area contributed by atoms with E-state index < -0.39 is 6.03 Å². The zero-order chi connectivity index (χ0) is 15.1. The van der Waals surface area contributed by atoms with Crippen LogP contribution in [0.3, 0.4) is 0 Å². The van der Waals surface area contributed by atoms with E-state index >= 15 is 0 Å². The summed E-state index contributed by atoms with van der Waals surface area (Å²) in [7, 11) is 0. The van der Waals surface area contributed by atoms with Crippen molar-refractivity contribution in [1.29, 1.82) is 0 Å². The van der Waals surface area contributed by atoms with Crippen LogP contribution in [0.25, 0.3) is 0 Å². The zero-order valence-electron chi connectivity index (χ0n) is 12.0. The van der Waals surface area contributed by atoms with E-state index in [0.717, 1.165) is 10.5 Å². The van der Waals surface area contributed by atoms with Crippen molar-refractivity contribution in [2.75, 3.05) is 18.0 Å². The van der Waals surface area contributed by atoms with Gasteiger partial charge >= 0.3 is 6.03 Å². The zero-order valence-corrected chi connectivity index (χ0v) is 12.8. The van der Waals surface area contributed by atoms with Crippen molar-refractivity contribution in [1.82, 2.24) is 10.6 Å². The maximum absolute atomic E-state index is 11.6. The number of nitrogen functional groups attached to an aromatic ring is 1. The third-order valence-corrected chi connectivity index (χ3v) is 3.52. The van der Waals surface area contributed by atoms with E-state index in [4.69, 9.17) is 5.73 Å². The van der Waals surface area contributed by atoms with Crippen molar-refractivity contribution in [2.45, 2.75) is 25.7 Å². The van der Waals surface area contributed by atoms with Gasteiger partial charge < -0.3 is 11.1 Å². The number of carbonyl (C=O) groups is 2. The maximum Gasteiger partial charge on any atom is 0.321 e. The summed E-state index contributed by atoms with van der Waals surface area (Å²) in [5.41, 5.74) is 7.54. The average Bonchev–Trinajstić information content (AvgIpc) is 2.37. The number of benzene rings is 1. The van der Waals surface area contributed by atoms with E-state index in [1.807, 2.05) is 39.0 Å². The number of hydrogen-bond acceptors (Lipinski definition) is 4. The second-order valence-electron chi connectivity index (χ2n) is 4.98.